The lowest BCUT2D eigenvalue weighted by Gasteiger charge is -2.06. The fourth-order valence-corrected chi connectivity index (χ4v) is 2.89. The Labute approximate surface area is 163 Å². The summed E-state index contributed by atoms with van der Waals surface area (Å²) in [6.45, 7) is 4.21. The van der Waals surface area contributed by atoms with Gasteiger partial charge in [-0.05, 0) is 50.1 Å². The molecule has 0 unspecified atom stereocenters. The highest BCUT2D eigenvalue weighted by atomic mass is 16.5. The molecule has 28 heavy (non-hydrogen) atoms. The Morgan fingerprint density at radius 1 is 1.11 bits per heavy atom. The average Bonchev–Trinajstić information content (AvgIpc) is 3.08. The highest BCUT2D eigenvalue weighted by Crippen LogP contribution is 2.14. The van der Waals surface area contributed by atoms with Crippen LogP contribution in [0.3, 0.4) is 0 Å². The predicted molar refractivity (Wildman–Crippen MR) is 107 cm³/mol. The largest absolute Gasteiger partial charge is 0.497 e. The molecule has 0 fully saturated rings. The summed E-state index contributed by atoms with van der Waals surface area (Å²) in [5, 5.41) is 5.70. The maximum atomic E-state index is 12.7. The number of benzene rings is 1. The number of nitrogens with one attached hydrogen (secondary N) is 2. The van der Waals surface area contributed by atoms with Crippen molar-refractivity contribution in [2.45, 2.75) is 26.3 Å². The number of aromatic nitrogens is 2. The molecule has 2 N–H and O–H groups in total. The maximum absolute atomic E-state index is 12.7. The fourth-order valence-electron chi connectivity index (χ4n) is 2.89. The molecule has 0 saturated carbocycles. The van der Waals surface area contributed by atoms with Crippen LogP contribution in [-0.4, -0.2) is 40.9 Å². The summed E-state index contributed by atoms with van der Waals surface area (Å²) in [5.41, 5.74) is 1.93. The molecule has 3 aromatic rings. The normalized spacial score (nSPS) is 10.9. The third-order valence-electron chi connectivity index (χ3n) is 4.24. The van der Waals surface area contributed by atoms with Crippen molar-refractivity contribution >= 4 is 17.3 Å². The Balaban J connectivity index is 1.73. The number of carbonyl (C=O) groups excluding carboxylic acids is 2. The molecule has 0 radical (unpaired) electrons. The van der Waals surface area contributed by atoms with E-state index in [9.17, 15) is 9.59 Å². The standard InChI is InChI=1S/C21H24N4O3/c1-14(2)23-21(27)19-24-18(17-6-4-5-13-25(17)19)20(26)22-12-11-15-7-9-16(28-3)10-8-15/h4-10,13-14H,11-12H2,1-3H3,(H,22,26)(H,23,27). The van der Waals surface area contributed by atoms with Gasteiger partial charge < -0.3 is 15.4 Å². The second-order valence-electron chi connectivity index (χ2n) is 6.72. The molecule has 0 aliphatic heterocycles. The van der Waals surface area contributed by atoms with Gasteiger partial charge in [-0.1, -0.05) is 18.2 Å². The van der Waals surface area contributed by atoms with Crippen LogP contribution >= 0.6 is 0 Å². The molecule has 0 saturated heterocycles. The van der Waals surface area contributed by atoms with Crippen LogP contribution < -0.4 is 15.4 Å². The number of pyridine rings is 1. The summed E-state index contributed by atoms with van der Waals surface area (Å²) in [6.07, 6.45) is 2.41. The minimum Gasteiger partial charge on any atom is -0.497 e. The van der Waals surface area contributed by atoms with Crippen LogP contribution in [0.4, 0.5) is 0 Å². The fraction of sp³-hybridized carbons (Fsp3) is 0.286. The van der Waals surface area contributed by atoms with Crippen molar-refractivity contribution in [3.05, 3.63) is 65.7 Å². The van der Waals surface area contributed by atoms with Crippen LogP contribution in [0.15, 0.2) is 48.7 Å². The Morgan fingerprint density at radius 3 is 2.54 bits per heavy atom. The van der Waals surface area contributed by atoms with Gasteiger partial charge in [0.05, 0.1) is 12.6 Å². The molecule has 0 aliphatic rings. The minimum atomic E-state index is -0.312. The monoisotopic (exact) mass is 380 g/mol. The first-order valence-corrected chi connectivity index (χ1v) is 9.18. The molecule has 2 aromatic heterocycles. The van der Waals surface area contributed by atoms with Crippen molar-refractivity contribution in [1.82, 2.24) is 20.0 Å². The molecule has 0 spiro atoms. The van der Waals surface area contributed by atoms with Crippen molar-refractivity contribution in [1.29, 1.82) is 0 Å². The lowest BCUT2D eigenvalue weighted by Crippen LogP contribution is -2.31. The van der Waals surface area contributed by atoms with Crippen LogP contribution in [0.1, 0.15) is 40.5 Å². The second-order valence-corrected chi connectivity index (χ2v) is 6.72. The Bertz CT molecular complexity index is 977. The van der Waals surface area contributed by atoms with E-state index < -0.39 is 0 Å². The number of carbonyl (C=O) groups is 2. The number of rotatable bonds is 7. The van der Waals surface area contributed by atoms with Gasteiger partial charge in [-0.2, -0.15) is 0 Å². The summed E-state index contributed by atoms with van der Waals surface area (Å²) >= 11 is 0. The zero-order valence-electron chi connectivity index (χ0n) is 16.2. The van der Waals surface area contributed by atoms with Crippen LogP contribution in [0, 0.1) is 0 Å². The number of imidazole rings is 1. The number of hydrogen-bond acceptors (Lipinski definition) is 4. The van der Waals surface area contributed by atoms with Crippen molar-refractivity contribution in [2.24, 2.45) is 0 Å². The molecule has 2 amide bonds. The predicted octanol–water partition coefficient (Wildman–Crippen LogP) is 2.45. The summed E-state index contributed by atoms with van der Waals surface area (Å²) in [4.78, 5) is 29.4. The summed E-state index contributed by atoms with van der Waals surface area (Å²) in [6, 6.07) is 13.1. The first-order valence-electron chi connectivity index (χ1n) is 9.18. The molecule has 0 atom stereocenters. The highest BCUT2D eigenvalue weighted by Gasteiger charge is 2.21. The number of ether oxygens (including phenoxy) is 1. The Hall–Kier alpha value is -3.35. The third kappa shape index (κ3) is 4.31. The van der Waals surface area contributed by atoms with E-state index in [2.05, 4.69) is 15.6 Å². The molecule has 0 bridgehead atoms. The van der Waals surface area contributed by atoms with Crippen molar-refractivity contribution in [3.8, 4) is 5.75 Å². The van der Waals surface area contributed by atoms with Gasteiger partial charge in [0.15, 0.2) is 5.69 Å². The summed E-state index contributed by atoms with van der Waals surface area (Å²) < 4.78 is 6.78. The number of hydrogen-bond donors (Lipinski definition) is 2. The average molecular weight is 380 g/mol. The molecule has 2 heterocycles. The first kappa shape index (κ1) is 19.4. The molecule has 146 valence electrons. The number of amides is 2. The van der Waals surface area contributed by atoms with E-state index in [1.165, 1.54) is 0 Å². The highest BCUT2D eigenvalue weighted by molar-refractivity contribution is 6.02. The SMILES string of the molecule is COc1ccc(CCNC(=O)c2nc(C(=O)NC(C)C)n3ccccc23)cc1. The van der Waals surface area contributed by atoms with Gasteiger partial charge >= 0.3 is 0 Å². The molecule has 1 aromatic carbocycles. The van der Waals surface area contributed by atoms with Crippen molar-refractivity contribution in [2.75, 3.05) is 13.7 Å². The Kier molecular flexibility index (Phi) is 5.93. The summed E-state index contributed by atoms with van der Waals surface area (Å²) in [7, 11) is 1.63. The molecular weight excluding hydrogens is 356 g/mol. The van der Waals surface area contributed by atoms with Crippen LogP contribution in [-0.2, 0) is 6.42 Å². The van der Waals surface area contributed by atoms with Gasteiger partial charge in [-0.25, -0.2) is 4.98 Å². The minimum absolute atomic E-state index is 0.0228. The lowest BCUT2D eigenvalue weighted by atomic mass is 10.1. The van der Waals surface area contributed by atoms with Gasteiger partial charge in [0.25, 0.3) is 11.8 Å². The molecule has 3 rings (SSSR count). The van der Waals surface area contributed by atoms with Crippen LogP contribution in [0.25, 0.3) is 5.52 Å². The lowest BCUT2D eigenvalue weighted by molar-refractivity contribution is 0.0932. The molecule has 7 heteroatoms. The quantitative estimate of drug-likeness (QED) is 0.659. The Morgan fingerprint density at radius 2 is 1.86 bits per heavy atom. The smallest absolute Gasteiger partial charge is 0.287 e. The van der Waals surface area contributed by atoms with E-state index in [-0.39, 0.29) is 29.4 Å². The number of nitrogens with zero attached hydrogens (tertiary/aromatic N) is 2. The van der Waals surface area contributed by atoms with E-state index in [1.807, 2.05) is 44.2 Å². The topological polar surface area (TPSA) is 84.7 Å². The van der Waals surface area contributed by atoms with Gasteiger partial charge in [0.1, 0.15) is 5.75 Å². The van der Waals surface area contributed by atoms with Gasteiger partial charge in [-0.15, -0.1) is 0 Å². The zero-order chi connectivity index (χ0) is 20.1. The molecule has 0 aliphatic carbocycles. The van der Waals surface area contributed by atoms with Crippen LogP contribution in [0.2, 0.25) is 0 Å². The van der Waals surface area contributed by atoms with E-state index in [1.54, 1.807) is 29.8 Å². The third-order valence-corrected chi connectivity index (χ3v) is 4.24. The van der Waals surface area contributed by atoms with Gasteiger partial charge in [0, 0.05) is 18.8 Å². The number of fused-ring (bicyclic) bond motifs is 1. The zero-order valence-corrected chi connectivity index (χ0v) is 16.2. The van der Waals surface area contributed by atoms with Crippen molar-refractivity contribution < 1.29 is 14.3 Å². The maximum Gasteiger partial charge on any atom is 0.287 e. The van der Waals surface area contributed by atoms with E-state index in [0.29, 0.717) is 18.5 Å². The first-order chi connectivity index (χ1) is 13.5. The van der Waals surface area contributed by atoms with Gasteiger partial charge in [-0.3, -0.25) is 14.0 Å². The van der Waals surface area contributed by atoms with E-state index in [4.69, 9.17) is 4.74 Å². The van der Waals surface area contributed by atoms with E-state index >= 15 is 0 Å². The summed E-state index contributed by atoms with van der Waals surface area (Å²) in [5.74, 6) is 0.378. The van der Waals surface area contributed by atoms with Crippen LogP contribution in [0.5, 0.6) is 5.75 Å². The number of methoxy groups -OCH3 is 1. The molecular formula is C21H24N4O3. The van der Waals surface area contributed by atoms with E-state index in [0.717, 1.165) is 11.3 Å². The second kappa shape index (κ2) is 8.56. The van der Waals surface area contributed by atoms with Gasteiger partial charge in [0.2, 0.25) is 5.82 Å². The van der Waals surface area contributed by atoms with Crippen molar-refractivity contribution in [3.63, 3.8) is 0 Å². The molecule has 7 nitrogen and oxygen atoms in total.